The first-order valence-electron chi connectivity index (χ1n) is 6.87. The Kier molecular flexibility index (Phi) is 6.21. The topological polar surface area (TPSA) is 52.6 Å². The van der Waals surface area contributed by atoms with Crippen LogP contribution in [0.5, 0.6) is 0 Å². The van der Waals surface area contributed by atoms with Crippen LogP contribution in [0.3, 0.4) is 0 Å². The summed E-state index contributed by atoms with van der Waals surface area (Å²) >= 11 is 9.28. The zero-order valence-electron chi connectivity index (χ0n) is 12.6. The molecule has 0 N–H and O–H groups in total. The quantitative estimate of drug-likeness (QED) is 0.356. The van der Waals surface area contributed by atoms with Gasteiger partial charge in [-0.3, -0.25) is 9.36 Å². The van der Waals surface area contributed by atoms with Crippen molar-refractivity contribution in [2.45, 2.75) is 19.5 Å². The predicted molar refractivity (Wildman–Crippen MR) is 94.5 cm³/mol. The predicted octanol–water partition coefficient (Wildman–Crippen LogP) is 6.36. The second-order valence-electron chi connectivity index (χ2n) is 4.60. The summed E-state index contributed by atoms with van der Waals surface area (Å²) in [6, 6.07) is 4.34. The summed E-state index contributed by atoms with van der Waals surface area (Å²) in [5.74, 6) is 0. The molecule has 24 heavy (non-hydrogen) atoms. The van der Waals surface area contributed by atoms with Crippen LogP contribution in [0, 0.1) is 0 Å². The Morgan fingerprint density at radius 1 is 1.33 bits per heavy atom. The van der Waals surface area contributed by atoms with E-state index >= 15 is 0 Å². The molecule has 0 bridgehead atoms. The molecular weight excluding hydrogens is 449 g/mol. The maximum Gasteiger partial charge on any atom is 0.405 e. The molecule has 4 nitrogen and oxygen atoms in total. The lowest BCUT2D eigenvalue weighted by Gasteiger charge is -2.25. The van der Waals surface area contributed by atoms with E-state index in [1.165, 1.54) is 32.0 Å². The van der Waals surface area contributed by atoms with Gasteiger partial charge in [0.25, 0.3) is 5.24 Å². The molecule has 0 aliphatic carbocycles. The number of fused-ring (bicyclic) bond motifs is 1. The average Bonchev–Trinajstić information content (AvgIpc) is 2.85. The van der Waals surface area contributed by atoms with Gasteiger partial charge in [0, 0.05) is 20.1 Å². The third-order valence-corrected chi connectivity index (χ3v) is 7.87. The van der Waals surface area contributed by atoms with E-state index in [1.807, 2.05) is 0 Å². The number of alkyl halides is 2. The van der Waals surface area contributed by atoms with E-state index in [4.69, 9.17) is 20.6 Å². The van der Waals surface area contributed by atoms with E-state index in [-0.39, 0.29) is 23.2 Å². The molecule has 2 rings (SSSR count). The van der Waals surface area contributed by atoms with Gasteiger partial charge in [0.05, 0.1) is 13.2 Å². The van der Waals surface area contributed by atoms with Crippen molar-refractivity contribution in [3.8, 4) is 0 Å². The van der Waals surface area contributed by atoms with E-state index in [0.29, 0.717) is 10.1 Å². The van der Waals surface area contributed by atoms with E-state index < -0.39 is 23.4 Å². The summed E-state index contributed by atoms with van der Waals surface area (Å²) in [6.45, 7) is 2.56. The zero-order chi connectivity index (χ0) is 18.1. The Morgan fingerprint density at radius 3 is 2.42 bits per heavy atom. The van der Waals surface area contributed by atoms with Gasteiger partial charge in [-0.05, 0) is 59.6 Å². The molecule has 10 heteroatoms. The van der Waals surface area contributed by atoms with Gasteiger partial charge >= 0.3 is 13.3 Å². The lowest BCUT2D eigenvalue weighted by molar-refractivity contribution is 0.0387. The van der Waals surface area contributed by atoms with Crippen LogP contribution in [0.25, 0.3) is 10.1 Å². The van der Waals surface area contributed by atoms with Gasteiger partial charge in [0.1, 0.15) is 4.88 Å². The number of rotatable bonds is 7. The zero-order valence-corrected chi connectivity index (χ0v) is 16.7. The van der Waals surface area contributed by atoms with Crippen molar-refractivity contribution in [2.24, 2.45) is 0 Å². The number of hydrogen-bond donors (Lipinski definition) is 0. The maximum absolute atomic E-state index is 14.9. The first kappa shape index (κ1) is 19.9. The van der Waals surface area contributed by atoms with Crippen molar-refractivity contribution in [2.75, 3.05) is 13.2 Å². The highest BCUT2D eigenvalue weighted by Crippen LogP contribution is 2.69. The summed E-state index contributed by atoms with van der Waals surface area (Å²) in [6.07, 6.45) is 0. The van der Waals surface area contributed by atoms with Crippen molar-refractivity contribution in [1.29, 1.82) is 0 Å². The van der Waals surface area contributed by atoms with Gasteiger partial charge in [-0.1, -0.05) is 0 Å². The molecule has 1 heterocycles. The molecule has 0 aliphatic heterocycles. The Bertz CT molecular complexity index is 816. The van der Waals surface area contributed by atoms with Crippen LogP contribution in [0.15, 0.2) is 22.7 Å². The molecule has 1 aromatic heterocycles. The van der Waals surface area contributed by atoms with Gasteiger partial charge in [0.2, 0.25) is 0 Å². The minimum absolute atomic E-state index is 0.0342. The maximum atomic E-state index is 14.9. The highest BCUT2D eigenvalue weighted by atomic mass is 79.9. The Balaban J connectivity index is 2.63. The minimum Gasteiger partial charge on any atom is -0.304 e. The highest BCUT2D eigenvalue weighted by Gasteiger charge is 2.57. The molecular formula is C14H13BrClF2O4PS. The third kappa shape index (κ3) is 3.45. The van der Waals surface area contributed by atoms with E-state index in [2.05, 4.69) is 15.9 Å². The minimum atomic E-state index is -4.70. The molecule has 0 aliphatic rings. The van der Waals surface area contributed by atoms with E-state index in [0.717, 1.165) is 11.3 Å². The van der Waals surface area contributed by atoms with Gasteiger partial charge < -0.3 is 9.05 Å². The Morgan fingerprint density at radius 2 is 1.92 bits per heavy atom. The number of halogens is 4. The molecule has 0 amide bonds. The van der Waals surface area contributed by atoms with Crippen LogP contribution in [-0.4, -0.2) is 18.5 Å². The van der Waals surface area contributed by atoms with Crippen LogP contribution in [-0.2, 0) is 19.3 Å². The van der Waals surface area contributed by atoms with Crippen LogP contribution in [0.4, 0.5) is 8.78 Å². The second kappa shape index (κ2) is 7.48. The number of carbonyl (C=O) groups excluding carboxylic acids is 1. The molecule has 0 spiro atoms. The molecule has 1 aromatic carbocycles. The monoisotopic (exact) mass is 460 g/mol. The number of benzene rings is 1. The fourth-order valence-electron chi connectivity index (χ4n) is 2.05. The fraction of sp³-hybridized carbons (Fsp3) is 0.357. The molecule has 0 fully saturated rings. The largest absolute Gasteiger partial charge is 0.405 e. The average molecular weight is 462 g/mol. The molecule has 132 valence electrons. The van der Waals surface area contributed by atoms with Gasteiger partial charge in [-0.15, -0.1) is 11.3 Å². The smallest absolute Gasteiger partial charge is 0.304 e. The van der Waals surface area contributed by atoms with Gasteiger partial charge in [-0.2, -0.15) is 8.78 Å². The number of carbonyl (C=O) groups is 1. The second-order valence-corrected chi connectivity index (χ2v) is 8.87. The molecule has 0 saturated carbocycles. The van der Waals surface area contributed by atoms with E-state index in [9.17, 15) is 18.1 Å². The fourth-order valence-corrected chi connectivity index (χ4v) is 6.13. The Hall–Kier alpha value is -0.370. The van der Waals surface area contributed by atoms with E-state index in [1.54, 1.807) is 0 Å². The lowest BCUT2D eigenvalue weighted by atomic mass is 10.2. The van der Waals surface area contributed by atoms with Gasteiger partial charge in [-0.25, -0.2) is 0 Å². The summed E-state index contributed by atoms with van der Waals surface area (Å²) < 4.78 is 52.5. The SMILES string of the molecule is CCOP(=O)(OCC)C(F)(F)c1sc2ccc(C(=O)Cl)cc2c1Br. The van der Waals surface area contributed by atoms with Crippen molar-refractivity contribution in [3.05, 3.63) is 33.1 Å². The molecule has 0 radical (unpaired) electrons. The molecule has 2 aromatic rings. The van der Waals surface area contributed by atoms with Crippen LogP contribution < -0.4 is 0 Å². The van der Waals surface area contributed by atoms with Crippen molar-refractivity contribution >= 4 is 61.8 Å². The first-order valence-corrected chi connectivity index (χ1v) is 10.4. The van der Waals surface area contributed by atoms with Crippen molar-refractivity contribution in [1.82, 2.24) is 0 Å². The summed E-state index contributed by atoms with van der Waals surface area (Å²) in [4.78, 5) is 10.8. The standard InChI is InChI=1S/C14H13BrClF2O4PS/c1-3-21-23(20,22-4-2)14(17,18)12-11(15)9-7-8(13(16)19)5-6-10(9)24-12/h5-7H,3-4H2,1-2H3. The first-order chi connectivity index (χ1) is 11.2. The molecule has 0 unspecified atom stereocenters. The highest BCUT2D eigenvalue weighted by molar-refractivity contribution is 9.10. The number of hydrogen-bond acceptors (Lipinski definition) is 5. The van der Waals surface area contributed by atoms with Crippen molar-refractivity contribution < 1.29 is 27.2 Å². The van der Waals surface area contributed by atoms with Crippen LogP contribution in [0.2, 0.25) is 0 Å². The van der Waals surface area contributed by atoms with Crippen LogP contribution >= 0.6 is 46.5 Å². The van der Waals surface area contributed by atoms with Crippen molar-refractivity contribution in [3.63, 3.8) is 0 Å². The third-order valence-electron chi connectivity index (χ3n) is 3.07. The number of thiophene rings is 1. The Labute approximate surface area is 154 Å². The summed E-state index contributed by atoms with van der Waals surface area (Å²) in [5.41, 5.74) is -3.66. The molecule has 0 saturated heterocycles. The lowest BCUT2D eigenvalue weighted by Crippen LogP contribution is -2.17. The van der Waals surface area contributed by atoms with Crippen LogP contribution in [0.1, 0.15) is 29.1 Å². The summed E-state index contributed by atoms with van der Waals surface area (Å²) in [7, 11) is -4.70. The molecule has 0 atom stereocenters. The normalized spacial score (nSPS) is 12.8. The summed E-state index contributed by atoms with van der Waals surface area (Å²) in [5, 5.41) is -0.321. The van der Waals surface area contributed by atoms with Gasteiger partial charge in [0.15, 0.2) is 0 Å².